The number of hydrogen-bond acceptors (Lipinski definition) is 7. The lowest BCUT2D eigenvalue weighted by Gasteiger charge is -2.34. The van der Waals surface area contributed by atoms with Gasteiger partial charge in [-0.3, -0.25) is 5.43 Å². The van der Waals surface area contributed by atoms with Crippen LogP contribution in [0.15, 0.2) is 0 Å². The fraction of sp³-hybridized carbons (Fsp3) is 0.750. The van der Waals surface area contributed by atoms with E-state index in [1.807, 2.05) is 18.9 Å². The van der Waals surface area contributed by atoms with Crippen LogP contribution in [0.3, 0.4) is 0 Å². The van der Waals surface area contributed by atoms with Gasteiger partial charge in [-0.2, -0.15) is 15.0 Å². The average Bonchev–Trinajstić information content (AvgIpc) is 2.43. The van der Waals surface area contributed by atoms with Gasteiger partial charge in [0, 0.05) is 12.6 Å². The summed E-state index contributed by atoms with van der Waals surface area (Å²) in [6, 6.07) is 0.290. The second kappa shape index (κ2) is 6.51. The molecule has 1 aromatic heterocycles. The molecule has 0 atom stereocenters. The third kappa shape index (κ3) is 3.92. The third-order valence-corrected chi connectivity index (χ3v) is 3.24. The Kier molecular flexibility index (Phi) is 5.29. The molecule has 0 bridgehead atoms. The number of nitrogens with two attached hydrogens (primary N) is 1. The molecule has 1 aromatic rings. The summed E-state index contributed by atoms with van der Waals surface area (Å²) in [5, 5.41) is 0. The minimum Gasteiger partial charge on any atom is -0.463 e. The van der Waals surface area contributed by atoms with Crippen molar-refractivity contribution in [2.24, 2.45) is 5.84 Å². The molecule has 0 fully saturated rings. The highest BCUT2D eigenvalue weighted by Gasteiger charge is 2.24. The van der Waals surface area contributed by atoms with Gasteiger partial charge in [0.05, 0.1) is 6.61 Å². The fourth-order valence-electron chi connectivity index (χ4n) is 1.33. The van der Waals surface area contributed by atoms with Gasteiger partial charge in [0.15, 0.2) is 0 Å². The Hall–Kier alpha value is -1.63. The third-order valence-electron chi connectivity index (χ3n) is 3.24. The maximum atomic E-state index is 5.45. The van der Waals surface area contributed by atoms with Gasteiger partial charge in [-0.1, -0.05) is 13.8 Å². The molecule has 108 valence electrons. The summed E-state index contributed by atoms with van der Waals surface area (Å²) in [4.78, 5) is 14.6. The van der Waals surface area contributed by atoms with E-state index in [2.05, 4.69) is 41.1 Å². The van der Waals surface area contributed by atoms with Crippen LogP contribution in [-0.2, 0) is 0 Å². The predicted octanol–water partition coefficient (Wildman–Crippen LogP) is 1.57. The van der Waals surface area contributed by atoms with E-state index in [4.69, 9.17) is 10.6 Å². The standard InChI is InChI=1S/C12H24N6O/c1-6-8-19-11-15-9(17-13)14-10(16-11)18(5)12(3,4)7-2/h6-8,13H2,1-5H3,(H,14,15,16,17). The zero-order valence-corrected chi connectivity index (χ0v) is 12.4. The number of aromatic nitrogens is 3. The molecule has 0 amide bonds. The summed E-state index contributed by atoms with van der Waals surface area (Å²) in [5.74, 6) is 6.22. The number of rotatable bonds is 7. The van der Waals surface area contributed by atoms with Crippen molar-refractivity contribution < 1.29 is 4.74 Å². The first-order valence-electron chi connectivity index (χ1n) is 6.54. The fourth-order valence-corrected chi connectivity index (χ4v) is 1.33. The molecule has 0 unspecified atom stereocenters. The zero-order valence-electron chi connectivity index (χ0n) is 12.4. The first-order chi connectivity index (χ1) is 8.94. The van der Waals surface area contributed by atoms with Crippen molar-refractivity contribution in [1.82, 2.24) is 15.0 Å². The molecule has 0 saturated heterocycles. The molecule has 0 aliphatic rings. The molecule has 0 spiro atoms. The van der Waals surface area contributed by atoms with Crippen LogP contribution in [0.2, 0.25) is 0 Å². The zero-order chi connectivity index (χ0) is 14.5. The van der Waals surface area contributed by atoms with Gasteiger partial charge in [0.2, 0.25) is 11.9 Å². The molecule has 7 nitrogen and oxygen atoms in total. The molecule has 0 aliphatic heterocycles. The lowest BCUT2D eigenvalue weighted by Crippen LogP contribution is -2.41. The number of anilines is 2. The van der Waals surface area contributed by atoms with Crippen LogP contribution in [0, 0.1) is 0 Å². The van der Waals surface area contributed by atoms with Gasteiger partial charge in [-0.25, -0.2) is 5.84 Å². The lowest BCUT2D eigenvalue weighted by atomic mass is 10.0. The first-order valence-corrected chi connectivity index (χ1v) is 6.54. The van der Waals surface area contributed by atoms with E-state index in [1.54, 1.807) is 0 Å². The number of nitrogens with one attached hydrogen (secondary N) is 1. The minimum absolute atomic E-state index is 0.0603. The van der Waals surface area contributed by atoms with E-state index >= 15 is 0 Å². The van der Waals surface area contributed by atoms with Crippen LogP contribution in [0.4, 0.5) is 11.9 Å². The van der Waals surface area contributed by atoms with Crippen molar-refractivity contribution in [2.45, 2.75) is 46.1 Å². The highest BCUT2D eigenvalue weighted by molar-refractivity contribution is 5.39. The van der Waals surface area contributed by atoms with E-state index in [9.17, 15) is 0 Å². The van der Waals surface area contributed by atoms with E-state index in [1.165, 1.54) is 0 Å². The Morgan fingerprint density at radius 2 is 1.95 bits per heavy atom. The highest BCUT2D eigenvalue weighted by Crippen LogP contribution is 2.23. The van der Waals surface area contributed by atoms with Crippen LogP contribution < -0.4 is 20.9 Å². The Bertz CT molecular complexity index is 409. The summed E-state index contributed by atoms with van der Waals surface area (Å²) in [6.07, 6.45) is 1.86. The summed E-state index contributed by atoms with van der Waals surface area (Å²) < 4.78 is 5.45. The quantitative estimate of drug-likeness (QED) is 0.573. The molecule has 0 saturated carbocycles. The van der Waals surface area contributed by atoms with Crippen molar-refractivity contribution in [3.63, 3.8) is 0 Å². The predicted molar refractivity (Wildman–Crippen MR) is 76.2 cm³/mol. The molecule has 1 heterocycles. The van der Waals surface area contributed by atoms with Gasteiger partial charge in [0.25, 0.3) is 0 Å². The number of nitrogens with zero attached hydrogens (tertiary/aromatic N) is 4. The second-order valence-electron chi connectivity index (χ2n) is 4.96. The molecule has 0 aromatic carbocycles. The summed E-state index contributed by atoms with van der Waals surface area (Å²) >= 11 is 0. The molecule has 3 N–H and O–H groups in total. The molecule has 0 aliphatic carbocycles. The molecule has 19 heavy (non-hydrogen) atoms. The number of hydrazine groups is 1. The normalized spacial score (nSPS) is 11.3. The summed E-state index contributed by atoms with van der Waals surface area (Å²) in [7, 11) is 1.95. The Morgan fingerprint density at radius 3 is 2.47 bits per heavy atom. The summed E-state index contributed by atoms with van der Waals surface area (Å²) in [5.41, 5.74) is 2.38. The van der Waals surface area contributed by atoms with E-state index in [0.717, 1.165) is 12.8 Å². The number of nitrogen functional groups attached to an aromatic ring is 1. The monoisotopic (exact) mass is 268 g/mol. The molecule has 1 rings (SSSR count). The van der Waals surface area contributed by atoms with Crippen LogP contribution in [0.1, 0.15) is 40.5 Å². The van der Waals surface area contributed by atoms with Crippen molar-refractivity contribution in [2.75, 3.05) is 24.0 Å². The summed E-state index contributed by atoms with van der Waals surface area (Å²) in [6.45, 7) is 8.96. The topological polar surface area (TPSA) is 89.2 Å². The van der Waals surface area contributed by atoms with Gasteiger partial charge < -0.3 is 9.64 Å². The van der Waals surface area contributed by atoms with Gasteiger partial charge in [-0.15, -0.1) is 0 Å². The van der Waals surface area contributed by atoms with E-state index in [-0.39, 0.29) is 5.54 Å². The van der Waals surface area contributed by atoms with Gasteiger partial charge >= 0.3 is 6.01 Å². The Labute approximate surface area is 114 Å². The van der Waals surface area contributed by atoms with Crippen molar-refractivity contribution >= 4 is 11.9 Å². The Morgan fingerprint density at radius 1 is 1.26 bits per heavy atom. The highest BCUT2D eigenvalue weighted by atomic mass is 16.5. The smallest absolute Gasteiger partial charge is 0.323 e. The van der Waals surface area contributed by atoms with E-state index in [0.29, 0.717) is 24.5 Å². The molecular weight excluding hydrogens is 244 g/mol. The van der Waals surface area contributed by atoms with Crippen molar-refractivity contribution in [1.29, 1.82) is 0 Å². The van der Waals surface area contributed by atoms with Crippen molar-refractivity contribution in [3.05, 3.63) is 0 Å². The lowest BCUT2D eigenvalue weighted by molar-refractivity contribution is 0.291. The van der Waals surface area contributed by atoms with E-state index < -0.39 is 0 Å². The maximum Gasteiger partial charge on any atom is 0.323 e. The maximum absolute atomic E-state index is 5.45. The van der Waals surface area contributed by atoms with Crippen LogP contribution >= 0.6 is 0 Å². The van der Waals surface area contributed by atoms with Crippen LogP contribution in [0.5, 0.6) is 6.01 Å². The SMILES string of the molecule is CCCOc1nc(NN)nc(N(C)C(C)(C)CC)n1. The molecule has 7 heteroatoms. The largest absolute Gasteiger partial charge is 0.463 e. The van der Waals surface area contributed by atoms with Gasteiger partial charge in [0.1, 0.15) is 0 Å². The number of hydrogen-bond donors (Lipinski definition) is 2. The van der Waals surface area contributed by atoms with Crippen molar-refractivity contribution in [3.8, 4) is 6.01 Å². The average molecular weight is 268 g/mol. The van der Waals surface area contributed by atoms with Crippen LogP contribution in [0.25, 0.3) is 0 Å². The number of ether oxygens (including phenoxy) is 1. The van der Waals surface area contributed by atoms with Gasteiger partial charge in [-0.05, 0) is 26.7 Å². The minimum atomic E-state index is -0.0603. The second-order valence-corrected chi connectivity index (χ2v) is 4.96. The molecular formula is C12H24N6O. The Balaban J connectivity index is 3.05. The molecule has 0 radical (unpaired) electrons. The first kappa shape index (κ1) is 15.4. The van der Waals surface area contributed by atoms with Crippen LogP contribution in [-0.4, -0.2) is 34.1 Å².